The molecule has 0 aliphatic heterocycles. The lowest BCUT2D eigenvalue weighted by molar-refractivity contribution is -0.141. The normalized spacial score (nSPS) is 11.7. The van der Waals surface area contributed by atoms with Crippen LogP contribution in [0.15, 0.2) is 0 Å². The van der Waals surface area contributed by atoms with Gasteiger partial charge in [-0.15, -0.1) is 0 Å². The molecule has 0 aromatic rings. The third-order valence-corrected chi connectivity index (χ3v) is 2.04. The number of hydrogen-bond acceptors (Lipinski definition) is 5. The van der Waals surface area contributed by atoms with Crippen molar-refractivity contribution in [1.82, 2.24) is 10.6 Å². The summed E-state index contributed by atoms with van der Waals surface area (Å²) in [6.07, 6.45) is 0.502. The van der Waals surface area contributed by atoms with Crippen LogP contribution in [0.4, 0.5) is 0 Å². The molecule has 0 bridgehead atoms. The van der Waals surface area contributed by atoms with Crippen molar-refractivity contribution in [1.29, 1.82) is 0 Å². The first-order valence-corrected chi connectivity index (χ1v) is 5.02. The van der Waals surface area contributed by atoms with Gasteiger partial charge in [-0.1, -0.05) is 0 Å². The summed E-state index contributed by atoms with van der Waals surface area (Å²) >= 11 is 0. The number of carbonyl (C=O) groups excluding carboxylic acids is 3. The van der Waals surface area contributed by atoms with E-state index in [0.717, 1.165) is 0 Å². The van der Waals surface area contributed by atoms with E-state index >= 15 is 0 Å². The van der Waals surface area contributed by atoms with Gasteiger partial charge in [0.05, 0.1) is 19.7 Å². The molecule has 0 saturated carbocycles. The van der Waals surface area contributed by atoms with Crippen molar-refractivity contribution in [3.63, 3.8) is 0 Å². The van der Waals surface area contributed by atoms with Crippen molar-refractivity contribution in [2.45, 2.75) is 25.8 Å². The standard InChI is InChI=1S/C10H18N2O4/c1-7(13)6-12-10(15)8(11-2)4-5-9(14)16-3/h8,11H,4-6H2,1-3H3,(H,12,15)/t8-/m0/s1. The van der Waals surface area contributed by atoms with Gasteiger partial charge in [0.25, 0.3) is 0 Å². The number of likely N-dealkylation sites (N-methyl/N-ethyl adjacent to an activating group) is 1. The van der Waals surface area contributed by atoms with E-state index in [1.54, 1.807) is 7.05 Å². The van der Waals surface area contributed by atoms with E-state index in [0.29, 0.717) is 6.42 Å². The number of nitrogens with one attached hydrogen (secondary N) is 2. The Balaban J connectivity index is 4.01. The monoisotopic (exact) mass is 230 g/mol. The molecule has 0 rings (SSSR count). The van der Waals surface area contributed by atoms with Crippen LogP contribution in [0.1, 0.15) is 19.8 Å². The minimum atomic E-state index is -0.488. The van der Waals surface area contributed by atoms with Crippen LogP contribution < -0.4 is 10.6 Å². The molecule has 0 aromatic carbocycles. The number of methoxy groups -OCH3 is 1. The van der Waals surface area contributed by atoms with Crippen molar-refractivity contribution < 1.29 is 19.1 Å². The maximum atomic E-state index is 11.5. The number of Topliss-reactive ketones (excluding diaryl/α,β-unsaturated/α-hetero) is 1. The summed E-state index contributed by atoms with van der Waals surface area (Å²) in [5.41, 5.74) is 0. The third-order valence-electron chi connectivity index (χ3n) is 2.04. The molecule has 0 radical (unpaired) electrons. The zero-order valence-corrected chi connectivity index (χ0v) is 9.83. The van der Waals surface area contributed by atoms with Gasteiger partial charge in [0.1, 0.15) is 5.78 Å². The van der Waals surface area contributed by atoms with Gasteiger partial charge in [0, 0.05) is 6.42 Å². The molecule has 2 N–H and O–H groups in total. The lowest BCUT2D eigenvalue weighted by Gasteiger charge is -2.14. The largest absolute Gasteiger partial charge is 0.469 e. The smallest absolute Gasteiger partial charge is 0.305 e. The van der Waals surface area contributed by atoms with Gasteiger partial charge in [-0.05, 0) is 20.4 Å². The summed E-state index contributed by atoms with van der Waals surface area (Å²) < 4.78 is 4.47. The first-order valence-electron chi connectivity index (χ1n) is 5.02. The van der Waals surface area contributed by atoms with Crippen LogP contribution in [0.25, 0.3) is 0 Å². The SMILES string of the molecule is CN[C@@H](CCC(=O)OC)C(=O)NCC(C)=O. The van der Waals surface area contributed by atoms with Crippen molar-refractivity contribution in [3.05, 3.63) is 0 Å². The lowest BCUT2D eigenvalue weighted by atomic mass is 10.1. The molecule has 0 aliphatic carbocycles. The van der Waals surface area contributed by atoms with E-state index in [2.05, 4.69) is 15.4 Å². The fraction of sp³-hybridized carbons (Fsp3) is 0.700. The molecule has 0 fully saturated rings. The first-order chi connectivity index (χ1) is 7.51. The Labute approximate surface area is 94.7 Å². The van der Waals surface area contributed by atoms with E-state index in [1.807, 2.05) is 0 Å². The molecule has 1 atom stereocenters. The molecule has 6 nitrogen and oxygen atoms in total. The minimum Gasteiger partial charge on any atom is -0.469 e. The zero-order valence-electron chi connectivity index (χ0n) is 9.83. The molecular weight excluding hydrogens is 212 g/mol. The highest BCUT2D eigenvalue weighted by atomic mass is 16.5. The average Bonchev–Trinajstić information content (AvgIpc) is 2.26. The lowest BCUT2D eigenvalue weighted by Crippen LogP contribution is -2.44. The van der Waals surface area contributed by atoms with Gasteiger partial charge >= 0.3 is 5.97 Å². The Morgan fingerprint density at radius 2 is 1.94 bits per heavy atom. The Morgan fingerprint density at radius 3 is 2.38 bits per heavy atom. The quantitative estimate of drug-likeness (QED) is 0.561. The maximum Gasteiger partial charge on any atom is 0.305 e. The summed E-state index contributed by atoms with van der Waals surface area (Å²) in [7, 11) is 2.92. The van der Waals surface area contributed by atoms with E-state index < -0.39 is 6.04 Å². The topological polar surface area (TPSA) is 84.5 Å². The van der Waals surface area contributed by atoms with Crippen molar-refractivity contribution in [2.75, 3.05) is 20.7 Å². The molecule has 0 saturated heterocycles. The second kappa shape index (κ2) is 7.81. The van der Waals surface area contributed by atoms with Crippen LogP contribution in [0, 0.1) is 0 Å². The zero-order chi connectivity index (χ0) is 12.6. The molecule has 16 heavy (non-hydrogen) atoms. The number of esters is 1. The second-order valence-corrected chi connectivity index (χ2v) is 3.38. The van der Waals surface area contributed by atoms with Crippen molar-refractivity contribution >= 4 is 17.7 Å². The van der Waals surface area contributed by atoms with Crippen LogP contribution in [0.5, 0.6) is 0 Å². The molecule has 0 unspecified atom stereocenters. The van der Waals surface area contributed by atoms with Gasteiger partial charge in [-0.2, -0.15) is 0 Å². The number of carbonyl (C=O) groups is 3. The molecule has 0 aromatic heterocycles. The van der Waals surface area contributed by atoms with Crippen LogP contribution >= 0.6 is 0 Å². The van der Waals surface area contributed by atoms with Crippen molar-refractivity contribution in [2.24, 2.45) is 0 Å². The number of amides is 1. The summed E-state index contributed by atoms with van der Waals surface area (Å²) in [5, 5.41) is 5.25. The summed E-state index contributed by atoms with van der Waals surface area (Å²) in [5.74, 6) is -0.766. The number of hydrogen-bond donors (Lipinski definition) is 2. The van der Waals surface area contributed by atoms with E-state index in [-0.39, 0.29) is 30.6 Å². The average molecular weight is 230 g/mol. The van der Waals surface area contributed by atoms with Crippen molar-refractivity contribution in [3.8, 4) is 0 Å². The van der Waals surface area contributed by atoms with Gasteiger partial charge in [-0.3, -0.25) is 14.4 Å². The highest BCUT2D eigenvalue weighted by Gasteiger charge is 2.17. The highest BCUT2D eigenvalue weighted by molar-refractivity contribution is 5.87. The maximum absolute atomic E-state index is 11.5. The molecule has 0 heterocycles. The van der Waals surface area contributed by atoms with Gasteiger partial charge in [-0.25, -0.2) is 0 Å². The van der Waals surface area contributed by atoms with Gasteiger partial charge in [0.15, 0.2) is 0 Å². The van der Waals surface area contributed by atoms with E-state index in [9.17, 15) is 14.4 Å². The van der Waals surface area contributed by atoms with E-state index in [4.69, 9.17) is 0 Å². The summed E-state index contributed by atoms with van der Waals surface area (Å²) in [6.45, 7) is 1.40. The number of rotatable bonds is 7. The van der Waals surface area contributed by atoms with Crippen LogP contribution in [-0.4, -0.2) is 44.4 Å². The molecular formula is C10H18N2O4. The molecule has 92 valence electrons. The van der Waals surface area contributed by atoms with Crippen LogP contribution in [0.3, 0.4) is 0 Å². The van der Waals surface area contributed by atoms with Crippen LogP contribution in [0.2, 0.25) is 0 Å². The predicted octanol–water partition coefficient (Wildman–Crippen LogP) is -0.767. The first kappa shape index (κ1) is 14.6. The Morgan fingerprint density at radius 1 is 1.31 bits per heavy atom. The predicted molar refractivity (Wildman–Crippen MR) is 57.8 cm³/mol. The summed E-state index contributed by atoms with van der Waals surface area (Å²) in [6, 6.07) is -0.488. The number of ether oxygens (including phenoxy) is 1. The van der Waals surface area contributed by atoms with Gasteiger partial charge in [0.2, 0.25) is 5.91 Å². The van der Waals surface area contributed by atoms with E-state index in [1.165, 1.54) is 14.0 Å². The molecule has 0 spiro atoms. The van der Waals surface area contributed by atoms with Crippen LogP contribution in [-0.2, 0) is 19.1 Å². The van der Waals surface area contributed by atoms with Gasteiger partial charge < -0.3 is 15.4 Å². The highest BCUT2D eigenvalue weighted by Crippen LogP contribution is 1.98. The fourth-order valence-corrected chi connectivity index (χ4v) is 1.11. The summed E-state index contributed by atoms with van der Waals surface area (Å²) in [4.78, 5) is 33.0. The number of ketones is 1. The second-order valence-electron chi connectivity index (χ2n) is 3.38. The molecule has 1 amide bonds. The Bertz CT molecular complexity index is 266. The fourth-order valence-electron chi connectivity index (χ4n) is 1.11. The molecule has 0 aliphatic rings. The molecule has 6 heteroatoms. The Hall–Kier alpha value is -1.43. The third kappa shape index (κ3) is 6.13. The minimum absolute atomic E-state index is 0.00916. The Kier molecular flexibility index (Phi) is 7.11.